The first-order valence-corrected chi connectivity index (χ1v) is 6.93. The number of hydrogen-bond donors (Lipinski definition) is 2. The predicted molar refractivity (Wildman–Crippen MR) is 75.4 cm³/mol. The van der Waals surface area contributed by atoms with Crippen LogP contribution in [0, 0.1) is 0 Å². The first-order valence-electron chi connectivity index (χ1n) is 6.93. The van der Waals surface area contributed by atoms with E-state index in [1.165, 1.54) is 11.0 Å². The van der Waals surface area contributed by atoms with E-state index in [-0.39, 0.29) is 6.54 Å². The highest BCUT2D eigenvalue weighted by Crippen LogP contribution is 2.52. The first-order chi connectivity index (χ1) is 9.96. The average Bonchev–Trinajstić information content (AvgIpc) is 3.15. The number of amides is 1. The van der Waals surface area contributed by atoms with Crippen molar-refractivity contribution in [2.45, 2.75) is 43.9 Å². The van der Waals surface area contributed by atoms with E-state index in [4.69, 9.17) is 5.73 Å². The van der Waals surface area contributed by atoms with Crippen molar-refractivity contribution in [3.8, 4) is 0 Å². The lowest BCUT2D eigenvalue weighted by Gasteiger charge is -2.35. The molecule has 0 unspecified atom stereocenters. The number of alkyl halides is 3. The number of halogens is 3. The highest BCUT2D eigenvalue weighted by Gasteiger charge is 2.53. The molecule has 0 radical (unpaired) electrons. The fourth-order valence-corrected chi connectivity index (χ4v) is 2.63. The zero-order chi connectivity index (χ0) is 16.8. The van der Waals surface area contributed by atoms with Gasteiger partial charge in [0.2, 0.25) is 0 Å². The van der Waals surface area contributed by atoms with Crippen molar-refractivity contribution >= 4 is 6.09 Å². The second kappa shape index (κ2) is 5.15. The van der Waals surface area contributed by atoms with Gasteiger partial charge in [0.1, 0.15) is 0 Å². The molecule has 2 rings (SSSR count). The second-order valence-electron chi connectivity index (χ2n) is 6.47. The van der Waals surface area contributed by atoms with Crippen LogP contribution < -0.4 is 5.73 Å². The fraction of sp³-hybridized carbons (Fsp3) is 0.533. The topological polar surface area (TPSA) is 66.6 Å². The average molecular weight is 316 g/mol. The quantitative estimate of drug-likeness (QED) is 0.894. The molecule has 0 atom stereocenters. The van der Waals surface area contributed by atoms with Gasteiger partial charge < -0.3 is 10.8 Å². The van der Waals surface area contributed by atoms with Gasteiger partial charge in [-0.15, -0.1) is 0 Å². The smallest absolute Gasteiger partial charge is 0.416 e. The standard InChI is InChI=1S/C15H19F3N2O2/c1-13(2,19)9-20(12(21)22)14(6-7-14)10-4-3-5-11(8-10)15(16,17)18/h3-5,8H,6-7,9,19H2,1-2H3,(H,21,22). The van der Waals surface area contributed by atoms with Crippen LogP contribution >= 0.6 is 0 Å². The van der Waals surface area contributed by atoms with E-state index in [2.05, 4.69) is 0 Å². The lowest BCUT2D eigenvalue weighted by Crippen LogP contribution is -2.51. The maximum Gasteiger partial charge on any atom is 0.416 e. The summed E-state index contributed by atoms with van der Waals surface area (Å²) in [6.45, 7) is 3.43. The van der Waals surface area contributed by atoms with E-state index in [1.807, 2.05) is 0 Å². The molecule has 0 saturated heterocycles. The number of benzene rings is 1. The van der Waals surface area contributed by atoms with E-state index in [1.54, 1.807) is 19.9 Å². The summed E-state index contributed by atoms with van der Waals surface area (Å²) in [5.41, 5.74) is 3.82. The van der Waals surface area contributed by atoms with Crippen molar-refractivity contribution in [1.82, 2.24) is 4.90 Å². The molecular weight excluding hydrogens is 297 g/mol. The van der Waals surface area contributed by atoms with E-state index in [0.29, 0.717) is 18.4 Å². The van der Waals surface area contributed by atoms with Crippen molar-refractivity contribution in [2.24, 2.45) is 5.73 Å². The van der Waals surface area contributed by atoms with Gasteiger partial charge in [-0.2, -0.15) is 13.2 Å². The summed E-state index contributed by atoms with van der Waals surface area (Å²) in [7, 11) is 0. The SMILES string of the molecule is CC(C)(N)CN(C(=O)O)C1(c2cccc(C(F)(F)F)c2)CC1. The molecule has 1 aromatic rings. The van der Waals surface area contributed by atoms with Gasteiger partial charge in [-0.25, -0.2) is 4.79 Å². The first kappa shape index (κ1) is 16.6. The number of rotatable bonds is 4. The number of carboxylic acid groups (broad SMARTS) is 1. The van der Waals surface area contributed by atoms with Gasteiger partial charge in [0, 0.05) is 12.1 Å². The van der Waals surface area contributed by atoms with Crippen LogP contribution in [0.2, 0.25) is 0 Å². The Kier molecular flexibility index (Phi) is 3.89. The minimum atomic E-state index is -4.45. The molecule has 4 nitrogen and oxygen atoms in total. The molecule has 1 amide bonds. The molecule has 122 valence electrons. The summed E-state index contributed by atoms with van der Waals surface area (Å²) in [5, 5.41) is 9.45. The second-order valence-corrected chi connectivity index (χ2v) is 6.47. The molecule has 3 N–H and O–H groups in total. The Bertz CT molecular complexity index is 575. The van der Waals surface area contributed by atoms with Crippen LogP contribution in [-0.4, -0.2) is 28.2 Å². The van der Waals surface area contributed by atoms with Crippen LogP contribution in [0.15, 0.2) is 24.3 Å². The van der Waals surface area contributed by atoms with Crippen LogP contribution in [0.25, 0.3) is 0 Å². The normalized spacial score (nSPS) is 17.2. The minimum Gasteiger partial charge on any atom is -0.465 e. The van der Waals surface area contributed by atoms with Gasteiger partial charge in [0.05, 0.1) is 11.1 Å². The molecule has 1 saturated carbocycles. The molecule has 22 heavy (non-hydrogen) atoms. The Morgan fingerprint density at radius 1 is 1.36 bits per heavy atom. The molecule has 0 heterocycles. The third kappa shape index (κ3) is 3.35. The lowest BCUT2D eigenvalue weighted by atomic mass is 9.98. The zero-order valence-electron chi connectivity index (χ0n) is 12.4. The van der Waals surface area contributed by atoms with Crippen LogP contribution in [0.1, 0.15) is 37.8 Å². The Morgan fingerprint density at radius 3 is 2.36 bits per heavy atom. The molecule has 1 aromatic carbocycles. The monoisotopic (exact) mass is 316 g/mol. The van der Waals surface area contributed by atoms with Crippen LogP contribution in [0.4, 0.5) is 18.0 Å². The maximum absolute atomic E-state index is 12.9. The van der Waals surface area contributed by atoms with Crippen LogP contribution in [0.3, 0.4) is 0 Å². The molecule has 0 aromatic heterocycles. The molecule has 0 spiro atoms. The Balaban J connectivity index is 2.39. The van der Waals surface area contributed by atoms with E-state index in [0.717, 1.165) is 12.1 Å². The summed E-state index contributed by atoms with van der Waals surface area (Å²) in [5.74, 6) is 0. The van der Waals surface area contributed by atoms with Crippen molar-refractivity contribution in [3.05, 3.63) is 35.4 Å². The lowest BCUT2D eigenvalue weighted by molar-refractivity contribution is -0.137. The number of carbonyl (C=O) groups is 1. The van der Waals surface area contributed by atoms with Gasteiger partial charge in [-0.1, -0.05) is 12.1 Å². The fourth-order valence-electron chi connectivity index (χ4n) is 2.63. The van der Waals surface area contributed by atoms with Crippen molar-refractivity contribution < 1.29 is 23.1 Å². The number of nitrogens with zero attached hydrogens (tertiary/aromatic N) is 1. The zero-order valence-corrected chi connectivity index (χ0v) is 12.4. The summed E-state index contributed by atoms with van der Waals surface area (Å²) >= 11 is 0. The van der Waals surface area contributed by atoms with E-state index in [9.17, 15) is 23.1 Å². The summed E-state index contributed by atoms with van der Waals surface area (Å²) in [4.78, 5) is 12.7. The molecule has 7 heteroatoms. The largest absolute Gasteiger partial charge is 0.465 e. The van der Waals surface area contributed by atoms with Gasteiger partial charge in [-0.05, 0) is 44.4 Å². The number of nitrogens with two attached hydrogens (primary N) is 1. The number of hydrogen-bond acceptors (Lipinski definition) is 2. The highest BCUT2D eigenvalue weighted by atomic mass is 19.4. The maximum atomic E-state index is 12.9. The molecule has 0 bridgehead atoms. The Morgan fingerprint density at radius 2 is 1.95 bits per heavy atom. The van der Waals surface area contributed by atoms with Gasteiger partial charge >= 0.3 is 12.3 Å². The molecule has 1 fully saturated rings. The van der Waals surface area contributed by atoms with Crippen LogP contribution in [0.5, 0.6) is 0 Å². The Labute approximate surface area is 126 Å². The summed E-state index contributed by atoms with van der Waals surface area (Å²) in [6, 6.07) is 4.87. The van der Waals surface area contributed by atoms with Crippen molar-refractivity contribution in [3.63, 3.8) is 0 Å². The van der Waals surface area contributed by atoms with Crippen molar-refractivity contribution in [2.75, 3.05) is 6.54 Å². The van der Waals surface area contributed by atoms with Gasteiger partial charge in [0.15, 0.2) is 0 Å². The minimum absolute atomic E-state index is 0.0541. The highest BCUT2D eigenvalue weighted by molar-refractivity contribution is 5.68. The summed E-state index contributed by atoms with van der Waals surface area (Å²) < 4.78 is 38.6. The molecule has 0 aliphatic heterocycles. The third-order valence-electron chi connectivity index (χ3n) is 3.76. The van der Waals surface area contributed by atoms with Gasteiger partial charge in [0.25, 0.3) is 0 Å². The third-order valence-corrected chi connectivity index (χ3v) is 3.76. The predicted octanol–water partition coefficient (Wildman–Crippen LogP) is 3.41. The molecule has 1 aliphatic rings. The van der Waals surface area contributed by atoms with Crippen LogP contribution in [-0.2, 0) is 11.7 Å². The van der Waals surface area contributed by atoms with Crippen molar-refractivity contribution in [1.29, 1.82) is 0 Å². The van der Waals surface area contributed by atoms with E-state index >= 15 is 0 Å². The Hall–Kier alpha value is -1.76. The van der Waals surface area contributed by atoms with Gasteiger partial charge in [-0.3, -0.25) is 4.90 Å². The molecule has 1 aliphatic carbocycles. The van der Waals surface area contributed by atoms with E-state index < -0.39 is 28.9 Å². The summed E-state index contributed by atoms with van der Waals surface area (Å²) in [6.07, 6.45) is -4.63. The molecular formula is C15H19F3N2O2.